The molecule has 210 valence electrons. The highest BCUT2D eigenvalue weighted by Crippen LogP contribution is 2.52. The predicted molar refractivity (Wildman–Crippen MR) is 136 cm³/mol. The molecule has 0 saturated carbocycles. The van der Waals surface area contributed by atoms with Gasteiger partial charge in [-0.05, 0) is 30.7 Å². The number of likely N-dealkylation sites (N-methyl/N-ethyl adjacent to an activating group) is 1. The van der Waals surface area contributed by atoms with E-state index in [4.69, 9.17) is 10.5 Å². The van der Waals surface area contributed by atoms with Gasteiger partial charge in [-0.15, -0.1) is 11.3 Å². The number of hydrogen-bond donors (Lipinski definition) is 2. The molecule has 0 amide bonds. The van der Waals surface area contributed by atoms with Gasteiger partial charge in [0, 0.05) is 36.0 Å². The van der Waals surface area contributed by atoms with Crippen LogP contribution in [0.15, 0.2) is 18.2 Å². The largest absolute Gasteiger partial charge is 0.467 e. The summed E-state index contributed by atoms with van der Waals surface area (Å²) in [6, 6.07) is 3.01. The molecule has 2 aromatic heterocycles. The first-order chi connectivity index (χ1) is 18.8. The van der Waals surface area contributed by atoms with Gasteiger partial charge in [0.05, 0.1) is 34.0 Å². The van der Waals surface area contributed by atoms with Gasteiger partial charge in [-0.2, -0.15) is 41.6 Å². The molecular weight excluding hydrogens is 565 g/mol. The van der Waals surface area contributed by atoms with Gasteiger partial charge in [0.15, 0.2) is 0 Å². The van der Waals surface area contributed by atoms with Crippen LogP contribution >= 0.6 is 11.3 Å². The molecule has 0 spiro atoms. The average molecular weight is 585 g/mol. The number of nitrogens with two attached hydrogens (primary N) is 1. The number of nitriles is 1. The summed E-state index contributed by atoms with van der Waals surface area (Å²) < 4.78 is 108. The van der Waals surface area contributed by atoms with Crippen LogP contribution < -0.4 is 20.7 Å². The first kappa shape index (κ1) is 27.7. The Kier molecular flexibility index (Phi) is 6.66. The Bertz CT molecular complexity index is 1690. The molecule has 1 saturated heterocycles. The quantitative estimate of drug-likeness (QED) is 0.286. The SMILES string of the molecule is COc1nc(N(C)[C@@H]2CCNC2)c2cc(C(F)(F)F)c(-c3ccc(F)c4sc(N)c(C#N)c34)c(C(F)(F)F)c2n1. The van der Waals surface area contributed by atoms with Crippen LogP contribution in [-0.2, 0) is 12.4 Å². The predicted octanol–water partition coefficient (Wildman–Crippen LogP) is 5.95. The maximum absolute atomic E-state index is 14.9. The van der Waals surface area contributed by atoms with E-state index in [0.29, 0.717) is 36.9 Å². The third-order valence-electron chi connectivity index (χ3n) is 6.84. The lowest BCUT2D eigenvalue weighted by atomic mass is 9.88. The van der Waals surface area contributed by atoms with Gasteiger partial charge in [-0.3, -0.25) is 0 Å². The van der Waals surface area contributed by atoms with Crippen molar-refractivity contribution < 1.29 is 35.5 Å². The fraction of sp³-hybridized carbons (Fsp3) is 0.320. The van der Waals surface area contributed by atoms with Gasteiger partial charge in [0.1, 0.15) is 22.7 Å². The van der Waals surface area contributed by atoms with Crippen LogP contribution in [0.5, 0.6) is 6.01 Å². The highest BCUT2D eigenvalue weighted by atomic mass is 32.1. The maximum atomic E-state index is 14.9. The minimum atomic E-state index is -5.38. The van der Waals surface area contributed by atoms with E-state index in [1.165, 1.54) is 11.9 Å². The highest BCUT2D eigenvalue weighted by Gasteiger charge is 2.45. The number of rotatable bonds is 4. The number of methoxy groups -OCH3 is 1. The summed E-state index contributed by atoms with van der Waals surface area (Å²) in [4.78, 5) is 9.48. The molecule has 1 fully saturated rings. The zero-order chi connectivity index (χ0) is 29.1. The van der Waals surface area contributed by atoms with E-state index < -0.39 is 68.3 Å². The molecule has 1 aliphatic heterocycles. The average Bonchev–Trinajstić information content (AvgIpc) is 3.54. The summed E-state index contributed by atoms with van der Waals surface area (Å²) in [5.41, 5.74) is -0.792. The molecule has 4 aromatic rings. The summed E-state index contributed by atoms with van der Waals surface area (Å²) in [5, 5.41) is 11.5. The number of alkyl halides is 6. The number of nitrogens with zero attached hydrogens (tertiary/aromatic N) is 4. The lowest BCUT2D eigenvalue weighted by molar-refractivity contribution is -0.141. The third kappa shape index (κ3) is 4.40. The van der Waals surface area contributed by atoms with Gasteiger partial charge < -0.3 is 20.7 Å². The molecule has 40 heavy (non-hydrogen) atoms. The van der Waals surface area contributed by atoms with Crippen molar-refractivity contribution in [3.05, 3.63) is 40.7 Å². The third-order valence-corrected chi connectivity index (χ3v) is 7.86. The second-order valence-electron chi connectivity index (χ2n) is 9.11. The minimum absolute atomic E-state index is 0.181. The number of thiophene rings is 1. The molecule has 7 nitrogen and oxygen atoms in total. The number of aromatic nitrogens is 2. The fourth-order valence-corrected chi connectivity index (χ4v) is 5.97. The van der Waals surface area contributed by atoms with E-state index >= 15 is 0 Å². The van der Waals surface area contributed by atoms with Gasteiger partial charge in [0.2, 0.25) is 0 Å². The highest BCUT2D eigenvalue weighted by molar-refractivity contribution is 7.23. The lowest BCUT2D eigenvalue weighted by Gasteiger charge is -2.28. The number of nitrogen functional groups attached to an aromatic ring is 1. The second-order valence-corrected chi connectivity index (χ2v) is 10.2. The van der Waals surface area contributed by atoms with Gasteiger partial charge in [0.25, 0.3) is 0 Å². The van der Waals surface area contributed by atoms with Crippen LogP contribution in [0.2, 0.25) is 0 Å². The van der Waals surface area contributed by atoms with Crippen molar-refractivity contribution >= 4 is 43.1 Å². The van der Waals surface area contributed by atoms with Crippen LogP contribution in [-0.4, -0.2) is 43.3 Å². The first-order valence-corrected chi connectivity index (χ1v) is 12.5. The van der Waals surface area contributed by atoms with Crippen molar-refractivity contribution in [3.63, 3.8) is 0 Å². The monoisotopic (exact) mass is 584 g/mol. The standard InChI is InChI=1S/C25H19F7N6OS/c1-38(10-5-6-35-9-10)22-12-7-14(24(27,28)29)17(18(25(30,31)32)19(12)36-23(37-22)39-2)11-3-4-15(26)20-16(11)13(8-33)21(34)40-20/h3-4,7,10,35H,5-6,9,34H2,1-2H3/t10-/m1/s1. The van der Waals surface area contributed by atoms with Crippen molar-refractivity contribution in [1.29, 1.82) is 5.26 Å². The number of ether oxygens (including phenoxy) is 1. The molecule has 1 aliphatic rings. The van der Waals surface area contributed by atoms with Crippen LogP contribution in [0.3, 0.4) is 0 Å². The normalized spacial score (nSPS) is 16.1. The minimum Gasteiger partial charge on any atom is -0.467 e. The Morgan fingerprint density at radius 2 is 1.90 bits per heavy atom. The Balaban J connectivity index is 2.01. The second kappa shape index (κ2) is 9.63. The van der Waals surface area contributed by atoms with Crippen LogP contribution in [0.25, 0.3) is 32.1 Å². The molecule has 0 aliphatic carbocycles. The topological polar surface area (TPSA) is 100 Å². The van der Waals surface area contributed by atoms with Crippen LogP contribution in [0.1, 0.15) is 23.1 Å². The van der Waals surface area contributed by atoms with Crippen LogP contribution in [0.4, 0.5) is 41.6 Å². The number of halogens is 7. The van der Waals surface area contributed by atoms with Crippen molar-refractivity contribution in [1.82, 2.24) is 15.3 Å². The Labute approximate surface area is 226 Å². The number of fused-ring (bicyclic) bond motifs is 2. The van der Waals surface area contributed by atoms with Crippen molar-refractivity contribution in [2.24, 2.45) is 0 Å². The Morgan fingerprint density at radius 1 is 1.18 bits per heavy atom. The van der Waals surface area contributed by atoms with E-state index in [9.17, 15) is 36.0 Å². The maximum Gasteiger partial charge on any atom is 0.419 e. The summed E-state index contributed by atoms with van der Waals surface area (Å²) in [7, 11) is 2.64. The zero-order valence-corrected chi connectivity index (χ0v) is 21.6. The summed E-state index contributed by atoms with van der Waals surface area (Å²) in [6.45, 7) is 1.04. The summed E-state index contributed by atoms with van der Waals surface area (Å²) in [5.74, 6) is -1.13. The van der Waals surface area contributed by atoms with Gasteiger partial charge >= 0.3 is 18.4 Å². The molecular formula is C25H19F7N6OS. The molecule has 0 unspecified atom stereocenters. The van der Waals surface area contributed by atoms with Crippen LogP contribution in [0, 0.1) is 17.1 Å². The smallest absolute Gasteiger partial charge is 0.419 e. The number of anilines is 2. The van der Waals surface area contributed by atoms with Crippen molar-refractivity contribution in [2.75, 3.05) is 37.9 Å². The first-order valence-electron chi connectivity index (χ1n) is 11.7. The van der Waals surface area contributed by atoms with Crippen molar-refractivity contribution in [2.45, 2.75) is 24.8 Å². The molecule has 0 radical (unpaired) electrons. The summed E-state index contributed by atoms with van der Waals surface area (Å²) in [6.07, 6.45) is -10.1. The molecule has 3 N–H and O–H groups in total. The number of benzene rings is 2. The molecule has 0 bridgehead atoms. The molecule has 3 heterocycles. The molecule has 5 rings (SSSR count). The lowest BCUT2D eigenvalue weighted by Crippen LogP contribution is -2.34. The number of hydrogen-bond acceptors (Lipinski definition) is 8. The molecule has 2 aromatic carbocycles. The van der Waals surface area contributed by atoms with E-state index in [0.717, 1.165) is 19.2 Å². The van der Waals surface area contributed by atoms with Gasteiger partial charge in [-0.1, -0.05) is 6.07 Å². The molecule has 15 heteroatoms. The van der Waals surface area contributed by atoms with Crippen molar-refractivity contribution in [3.8, 4) is 23.2 Å². The Hall–Kier alpha value is -3.90. The van der Waals surface area contributed by atoms with E-state index in [2.05, 4.69) is 15.3 Å². The number of nitrogens with one attached hydrogen (secondary N) is 1. The zero-order valence-electron chi connectivity index (χ0n) is 20.8. The summed E-state index contributed by atoms with van der Waals surface area (Å²) >= 11 is 0.555. The fourth-order valence-electron chi connectivity index (χ4n) is 5.02. The van der Waals surface area contributed by atoms with E-state index in [1.807, 2.05) is 0 Å². The van der Waals surface area contributed by atoms with E-state index in [-0.39, 0.29) is 21.6 Å². The van der Waals surface area contributed by atoms with E-state index in [1.54, 1.807) is 6.07 Å². The Morgan fingerprint density at radius 3 is 2.48 bits per heavy atom. The van der Waals surface area contributed by atoms with Gasteiger partial charge in [-0.25, -0.2) is 4.39 Å². The molecule has 1 atom stereocenters.